The van der Waals surface area contributed by atoms with E-state index in [0.29, 0.717) is 29.5 Å². The van der Waals surface area contributed by atoms with Gasteiger partial charge < -0.3 is 19.1 Å². The highest BCUT2D eigenvalue weighted by Gasteiger charge is 2.21. The van der Waals surface area contributed by atoms with E-state index in [1.54, 1.807) is 55.1 Å². The van der Waals surface area contributed by atoms with Crippen molar-refractivity contribution in [1.82, 2.24) is 0 Å². The number of nitrogens with zero attached hydrogens (tertiary/aromatic N) is 1. The van der Waals surface area contributed by atoms with Gasteiger partial charge in [0.05, 0.1) is 6.54 Å². The minimum atomic E-state index is -0.310. The number of rotatable bonds is 6. The first-order valence-corrected chi connectivity index (χ1v) is 9.90. The van der Waals surface area contributed by atoms with E-state index >= 15 is 0 Å². The summed E-state index contributed by atoms with van der Waals surface area (Å²) in [6.45, 7) is 3.95. The molecule has 0 saturated carbocycles. The smallest absolute Gasteiger partial charge is 0.294 e. The summed E-state index contributed by atoms with van der Waals surface area (Å²) in [4.78, 5) is 27.0. The summed E-state index contributed by atoms with van der Waals surface area (Å²) in [5.41, 5.74) is 2.32. The van der Waals surface area contributed by atoms with Gasteiger partial charge in [0.1, 0.15) is 11.5 Å². The predicted octanol–water partition coefficient (Wildman–Crippen LogP) is 5.59. The van der Waals surface area contributed by atoms with Crippen molar-refractivity contribution in [1.29, 1.82) is 0 Å². The lowest BCUT2D eigenvalue weighted by Gasteiger charge is -2.22. The van der Waals surface area contributed by atoms with Gasteiger partial charge in [-0.25, -0.2) is 0 Å². The van der Waals surface area contributed by atoms with Crippen molar-refractivity contribution in [3.05, 3.63) is 107 Å². The molecule has 2 aromatic carbocycles. The molecule has 6 heteroatoms. The summed E-state index contributed by atoms with van der Waals surface area (Å²) < 4.78 is 10.9. The van der Waals surface area contributed by atoms with Crippen LogP contribution in [-0.2, 0) is 6.54 Å². The molecule has 31 heavy (non-hydrogen) atoms. The van der Waals surface area contributed by atoms with Gasteiger partial charge in [-0.15, -0.1) is 0 Å². The van der Waals surface area contributed by atoms with Gasteiger partial charge in [0, 0.05) is 11.4 Å². The van der Waals surface area contributed by atoms with Crippen molar-refractivity contribution in [3.63, 3.8) is 0 Å². The highest BCUT2D eigenvalue weighted by atomic mass is 16.4. The fraction of sp³-hybridized carbons (Fsp3) is 0.120. The molecule has 0 unspecified atom stereocenters. The third-order valence-electron chi connectivity index (χ3n) is 4.78. The van der Waals surface area contributed by atoms with E-state index in [1.807, 2.05) is 42.5 Å². The summed E-state index contributed by atoms with van der Waals surface area (Å²) in [5, 5.41) is 2.81. The Morgan fingerprint density at radius 3 is 1.97 bits per heavy atom. The first kappa shape index (κ1) is 20.2. The Balaban J connectivity index is 1.51. The van der Waals surface area contributed by atoms with Gasteiger partial charge in [0.2, 0.25) is 0 Å². The summed E-state index contributed by atoms with van der Waals surface area (Å²) in [6, 6.07) is 23.6. The maximum Gasteiger partial charge on any atom is 0.294 e. The maximum atomic E-state index is 13.1. The largest absolute Gasteiger partial charge is 0.456 e. The van der Waals surface area contributed by atoms with Gasteiger partial charge in [-0.1, -0.05) is 30.3 Å². The van der Waals surface area contributed by atoms with E-state index < -0.39 is 0 Å². The monoisotopic (exact) mass is 414 g/mol. The fourth-order valence-electron chi connectivity index (χ4n) is 3.20. The van der Waals surface area contributed by atoms with Gasteiger partial charge in [-0.3, -0.25) is 9.59 Å². The van der Waals surface area contributed by atoms with Gasteiger partial charge in [-0.2, -0.15) is 0 Å². The van der Waals surface area contributed by atoms with E-state index in [4.69, 9.17) is 8.83 Å². The lowest BCUT2D eigenvalue weighted by atomic mass is 10.1. The molecule has 0 spiro atoms. The molecule has 0 aliphatic rings. The number of carbonyl (C=O) groups is 2. The Morgan fingerprint density at radius 1 is 0.774 bits per heavy atom. The number of hydrogen-bond donors (Lipinski definition) is 1. The molecule has 0 fully saturated rings. The van der Waals surface area contributed by atoms with E-state index in [2.05, 4.69) is 5.32 Å². The average molecular weight is 414 g/mol. The minimum Gasteiger partial charge on any atom is -0.456 e. The SMILES string of the molecule is Cc1ccc(C(=O)Nc2ccc(CN(C(=O)c3ccc(C)o3)c3ccccc3)cc2)o1. The van der Waals surface area contributed by atoms with Crippen molar-refractivity contribution in [3.8, 4) is 0 Å². The zero-order chi connectivity index (χ0) is 21.8. The predicted molar refractivity (Wildman–Crippen MR) is 118 cm³/mol. The molecular weight excluding hydrogens is 392 g/mol. The van der Waals surface area contributed by atoms with Crippen LogP contribution in [0.4, 0.5) is 11.4 Å². The van der Waals surface area contributed by atoms with E-state index in [9.17, 15) is 9.59 Å². The number of nitrogens with one attached hydrogen (secondary N) is 1. The summed E-state index contributed by atoms with van der Waals surface area (Å²) in [7, 11) is 0. The fourth-order valence-corrected chi connectivity index (χ4v) is 3.20. The standard InChI is InChI=1S/C25H22N2O4/c1-17-8-14-22(30-17)24(28)26-20-12-10-19(11-13-20)16-27(21-6-4-3-5-7-21)25(29)23-15-9-18(2)31-23/h3-15H,16H2,1-2H3,(H,26,28). The van der Waals surface area contributed by atoms with Crippen molar-refractivity contribution < 1.29 is 18.4 Å². The third-order valence-corrected chi connectivity index (χ3v) is 4.78. The van der Waals surface area contributed by atoms with Crippen LogP contribution in [0.5, 0.6) is 0 Å². The molecule has 4 rings (SSSR count). The zero-order valence-electron chi connectivity index (χ0n) is 17.3. The summed E-state index contributed by atoms with van der Waals surface area (Å²) >= 11 is 0. The van der Waals surface area contributed by atoms with Crippen LogP contribution >= 0.6 is 0 Å². The van der Waals surface area contributed by atoms with Crippen molar-refractivity contribution in [2.75, 3.05) is 10.2 Å². The molecule has 0 radical (unpaired) electrons. The molecule has 6 nitrogen and oxygen atoms in total. The molecule has 2 amide bonds. The number of benzene rings is 2. The van der Waals surface area contributed by atoms with Gasteiger partial charge >= 0.3 is 0 Å². The first-order chi connectivity index (χ1) is 15.0. The van der Waals surface area contributed by atoms with E-state index in [-0.39, 0.29) is 17.6 Å². The van der Waals surface area contributed by atoms with Crippen molar-refractivity contribution >= 4 is 23.2 Å². The van der Waals surface area contributed by atoms with Gasteiger partial charge in [-0.05, 0) is 67.9 Å². The summed E-state index contributed by atoms with van der Waals surface area (Å²) in [5.74, 6) is 1.39. The van der Waals surface area contributed by atoms with Crippen LogP contribution in [0.3, 0.4) is 0 Å². The molecule has 0 saturated heterocycles. The second-order valence-electron chi connectivity index (χ2n) is 7.20. The molecule has 2 aromatic heterocycles. The zero-order valence-corrected chi connectivity index (χ0v) is 17.3. The Kier molecular flexibility index (Phi) is 5.71. The molecule has 0 bridgehead atoms. The molecule has 2 heterocycles. The van der Waals surface area contributed by atoms with Crippen LogP contribution in [-0.4, -0.2) is 11.8 Å². The number of aryl methyl sites for hydroxylation is 2. The number of amides is 2. The van der Waals surface area contributed by atoms with Crippen molar-refractivity contribution in [2.24, 2.45) is 0 Å². The molecule has 156 valence electrons. The van der Waals surface area contributed by atoms with Crippen molar-refractivity contribution in [2.45, 2.75) is 20.4 Å². The van der Waals surface area contributed by atoms with Gasteiger partial charge in [0.15, 0.2) is 11.5 Å². The number of carbonyl (C=O) groups excluding carboxylic acids is 2. The van der Waals surface area contributed by atoms with Crippen LogP contribution in [0, 0.1) is 13.8 Å². The molecule has 4 aromatic rings. The number of para-hydroxylation sites is 1. The van der Waals surface area contributed by atoms with E-state index in [0.717, 1.165) is 11.3 Å². The normalized spacial score (nSPS) is 10.6. The quantitative estimate of drug-likeness (QED) is 0.446. The number of furan rings is 2. The molecule has 0 atom stereocenters. The Labute approximate surface area is 180 Å². The Hall–Kier alpha value is -4.06. The highest BCUT2D eigenvalue weighted by molar-refractivity contribution is 6.04. The molecule has 0 aliphatic carbocycles. The van der Waals surface area contributed by atoms with Gasteiger partial charge in [0.25, 0.3) is 11.8 Å². The third kappa shape index (κ3) is 4.75. The van der Waals surface area contributed by atoms with Crippen LogP contribution in [0.25, 0.3) is 0 Å². The van der Waals surface area contributed by atoms with Crippen LogP contribution in [0.15, 0.2) is 87.7 Å². The molecule has 0 aliphatic heterocycles. The number of hydrogen-bond acceptors (Lipinski definition) is 4. The van der Waals surface area contributed by atoms with Crippen LogP contribution in [0.1, 0.15) is 38.2 Å². The maximum absolute atomic E-state index is 13.1. The van der Waals surface area contributed by atoms with Crippen LogP contribution < -0.4 is 10.2 Å². The molecule has 1 N–H and O–H groups in total. The first-order valence-electron chi connectivity index (χ1n) is 9.90. The second kappa shape index (κ2) is 8.75. The minimum absolute atomic E-state index is 0.218. The van der Waals surface area contributed by atoms with E-state index in [1.165, 1.54) is 0 Å². The topological polar surface area (TPSA) is 75.7 Å². The Bertz CT molecular complexity index is 1190. The summed E-state index contributed by atoms with van der Waals surface area (Å²) in [6.07, 6.45) is 0. The lowest BCUT2D eigenvalue weighted by Crippen LogP contribution is -2.30. The Morgan fingerprint density at radius 2 is 1.39 bits per heavy atom. The lowest BCUT2D eigenvalue weighted by molar-refractivity contribution is 0.0956. The molecular formula is C25H22N2O4. The highest BCUT2D eigenvalue weighted by Crippen LogP contribution is 2.22. The average Bonchev–Trinajstić information content (AvgIpc) is 3.42. The second-order valence-corrected chi connectivity index (χ2v) is 7.20. The number of anilines is 2. The van der Waals surface area contributed by atoms with Crippen LogP contribution in [0.2, 0.25) is 0 Å².